The van der Waals surface area contributed by atoms with E-state index in [0.29, 0.717) is 42.7 Å². The lowest BCUT2D eigenvalue weighted by atomic mass is 9.88. The molecule has 8 heteroatoms. The summed E-state index contributed by atoms with van der Waals surface area (Å²) in [5, 5.41) is 5.85. The highest BCUT2D eigenvalue weighted by atomic mass is 19.1. The molecule has 3 aromatic rings. The van der Waals surface area contributed by atoms with E-state index >= 15 is 0 Å². The Hall–Kier alpha value is -3.23. The van der Waals surface area contributed by atoms with E-state index in [-0.39, 0.29) is 18.2 Å². The molecule has 0 bridgehead atoms. The summed E-state index contributed by atoms with van der Waals surface area (Å²) in [5.41, 5.74) is 1.52. The Balaban J connectivity index is 1.52. The Morgan fingerprint density at radius 1 is 1.09 bits per heavy atom. The van der Waals surface area contributed by atoms with Crippen LogP contribution in [0, 0.1) is 24.0 Å². The third-order valence-electron chi connectivity index (χ3n) is 5.84. The van der Waals surface area contributed by atoms with Gasteiger partial charge in [0.1, 0.15) is 17.5 Å². The normalized spacial score (nSPS) is 16.7. The number of ether oxygens (including phenoxy) is 1. The summed E-state index contributed by atoms with van der Waals surface area (Å²) in [6.07, 6.45) is 3.25. The number of amides is 1. The topological polar surface area (TPSA) is 63.2 Å². The maximum absolute atomic E-state index is 14.6. The molecule has 4 rings (SSSR count). The monoisotopic (exact) mass is 468 g/mol. The quantitative estimate of drug-likeness (QED) is 0.501. The molecule has 5 nitrogen and oxygen atoms in total. The van der Waals surface area contributed by atoms with E-state index in [1.807, 2.05) is 6.54 Å². The van der Waals surface area contributed by atoms with Gasteiger partial charge in [-0.25, -0.2) is 13.2 Å². The average molecular weight is 468 g/mol. The van der Waals surface area contributed by atoms with Crippen molar-refractivity contribution in [2.24, 2.45) is 0 Å². The second-order valence-electron chi connectivity index (χ2n) is 8.13. The first kappa shape index (κ1) is 23.9. The van der Waals surface area contributed by atoms with Crippen molar-refractivity contribution in [1.82, 2.24) is 10.3 Å². The van der Waals surface area contributed by atoms with E-state index in [1.165, 1.54) is 36.5 Å². The molecule has 2 aromatic carbocycles. The fraction of sp³-hybridized carbons (Fsp3) is 0.269. The molecular weight excluding hydrogens is 443 g/mol. The molecule has 1 aliphatic heterocycles. The van der Waals surface area contributed by atoms with Gasteiger partial charge in [-0.15, -0.1) is 0 Å². The molecule has 2 heterocycles. The van der Waals surface area contributed by atoms with Gasteiger partial charge < -0.3 is 15.4 Å². The van der Waals surface area contributed by atoms with Crippen molar-refractivity contribution < 1.29 is 22.7 Å². The SMILES string of the molecule is O=C(C[C@@H](c1ccc(F)cc1)c1ccccc1F)Nc1cncc(F)c1CC[C@@H]1CN[CH]CO1. The second kappa shape index (κ2) is 11.3. The fourth-order valence-corrected chi connectivity index (χ4v) is 4.08. The van der Waals surface area contributed by atoms with E-state index in [1.54, 1.807) is 18.2 Å². The van der Waals surface area contributed by atoms with Gasteiger partial charge in [0.15, 0.2) is 0 Å². The zero-order chi connectivity index (χ0) is 23.9. The van der Waals surface area contributed by atoms with Crippen LogP contribution in [-0.4, -0.2) is 30.1 Å². The molecule has 1 radical (unpaired) electrons. The minimum absolute atomic E-state index is 0.0648. The van der Waals surface area contributed by atoms with Gasteiger partial charge in [0.2, 0.25) is 5.91 Å². The first-order valence-corrected chi connectivity index (χ1v) is 11.1. The predicted molar refractivity (Wildman–Crippen MR) is 122 cm³/mol. The predicted octanol–water partition coefficient (Wildman–Crippen LogP) is 4.74. The van der Waals surface area contributed by atoms with E-state index in [2.05, 4.69) is 15.6 Å². The highest BCUT2D eigenvalue weighted by Crippen LogP contribution is 2.31. The Bertz CT molecular complexity index is 1120. The van der Waals surface area contributed by atoms with Crippen LogP contribution in [0.1, 0.15) is 35.4 Å². The van der Waals surface area contributed by atoms with Crippen molar-refractivity contribution in [1.29, 1.82) is 0 Å². The second-order valence-corrected chi connectivity index (χ2v) is 8.13. The van der Waals surface area contributed by atoms with Crippen molar-refractivity contribution in [3.05, 3.63) is 102 Å². The largest absolute Gasteiger partial charge is 0.375 e. The van der Waals surface area contributed by atoms with Crippen molar-refractivity contribution in [3.8, 4) is 0 Å². The summed E-state index contributed by atoms with van der Waals surface area (Å²) < 4.78 is 48.3. The van der Waals surface area contributed by atoms with E-state index in [4.69, 9.17) is 4.74 Å². The molecule has 0 saturated carbocycles. The van der Waals surface area contributed by atoms with E-state index in [0.717, 1.165) is 6.20 Å². The molecular formula is C26H25F3N3O2. The number of nitrogens with one attached hydrogen (secondary N) is 2. The van der Waals surface area contributed by atoms with Crippen LogP contribution in [0.4, 0.5) is 18.9 Å². The number of carbonyl (C=O) groups excluding carboxylic acids is 1. The van der Waals surface area contributed by atoms with Gasteiger partial charge in [0.25, 0.3) is 0 Å². The van der Waals surface area contributed by atoms with Gasteiger partial charge in [0.05, 0.1) is 30.8 Å². The first-order chi connectivity index (χ1) is 16.5. The van der Waals surface area contributed by atoms with Crippen molar-refractivity contribution in [3.63, 3.8) is 0 Å². The maximum atomic E-state index is 14.6. The van der Waals surface area contributed by atoms with Crippen LogP contribution >= 0.6 is 0 Å². The molecule has 2 atom stereocenters. The molecule has 0 aliphatic carbocycles. The standard InChI is InChI=1S/C26H25F3N3O2/c27-18-7-5-17(6-8-18)22(20-3-1-2-4-23(20)28)13-26(33)32-25-16-31-15-24(29)21(25)10-9-19-14-30-11-12-34-19/h1-8,11,15-16,19,22,30H,9-10,12-14H2,(H,32,33)/t19-,22+/m1/s1. The van der Waals surface area contributed by atoms with Crippen LogP contribution in [0.2, 0.25) is 0 Å². The summed E-state index contributed by atoms with van der Waals surface area (Å²) in [4.78, 5) is 16.9. The van der Waals surface area contributed by atoms with Gasteiger partial charge in [0, 0.05) is 31.0 Å². The molecule has 2 N–H and O–H groups in total. The van der Waals surface area contributed by atoms with Crippen LogP contribution in [0.3, 0.4) is 0 Å². The van der Waals surface area contributed by atoms with Crippen molar-refractivity contribution >= 4 is 11.6 Å². The van der Waals surface area contributed by atoms with Gasteiger partial charge in [-0.2, -0.15) is 0 Å². The first-order valence-electron chi connectivity index (χ1n) is 11.1. The average Bonchev–Trinajstić information content (AvgIpc) is 2.84. The third-order valence-corrected chi connectivity index (χ3v) is 5.84. The van der Waals surface area contributed by atoms with Crippen molar-refractivity contribution in [2.45, 2.75) is 31.3 Å². The lowest BCUT2D eigenvalue weighted by molar-refractivity contribution is -0.116. The number of aromatic nitrogens is 1. The molecule has 1 amide bonds. The number of nitrogens with zero attached hydrogens (tertiary/aromatic N) is 1. The highest BCUT2D eigenvalue weighted by molar-refractivity contribution is 5.92. The number of anilines is 1. The highest BCUT2D eigenvalue weighted by Gasteiger charge is 2.23. The molecule has 0 spiro atoms. The number of morpholine rings is 1. The zero-order valence-electron chi connectivity index (χ0n) is 18.4. The Morgan fingerprint density at radius 2 is 1.88 bits per heavy atom. The van der Waals surface area contributed by atoms with Crippen LogP contribution in [-0.2, 0) is 16.0 Å². The van der Waals surface area contributed by atoms with Crippen molar-refractivity contribution in [2.75, 3.05) is 18.5 Å². The van der Waals surface area contributed by atoms with E-state index < -0.39 is 29.3 Å². The molecule has 1 fully saturated rings. The molecule has 177 valence electrons. The third kappa shape index (κ3) is 6.01. The van der Waals surface area contributed by atoms with Gasteiger partial charge in [-0.3, -0.25) is 9.78 Å². The van der Waals surface area contributed by atoms with E-state index in [9.17, 15) is 18.0 Å². The lowest BCUT2D eigenvalue weighted by Gasteiger charge is -2.23. The molecule has 1 saturated heterocycles. The summed E-state index contributed by atoms with van der Waals surface area (Å²) in [6, 6.07) is 11.8. The lowest BCUT2D eigenvalue weighted by Crippen LogP contribution is -2.35. The number of halogens is 3. The van der Waals surface area contributed by atoms with Crippen LogP contribution < -0.4 is 10.6 Å². The number of rotatable bonds is 8. The Morgan fingerprint density at radius 3 is 2.62 bits per heavy atom. The van der Waals surface area contributed by atoms with Crippen LogP contribution in [0.25, 0.3) is 0 Å². The smallest absolute Gasteiger partial charge is 0.225 e. The zero-order valence-corrected chi connectivity index (χ0v) is 18.4. The molecule has 0 unspecified atom stereocenters. The molecule has 1 aromatic heterocycles. The Kier molecular flexibility index (Phi) is 7.92. The summed E-state index contributed by atoms with van der Waals surface area (Å²) in [7, 11) is 0. The van der Waals surface area contributed by atoms with Gasteiger partial charge in [-0.05, 0) is 42.2 Å². The van der Waals surface area contributed by atoms with Gasteiger partial charge >= 0.3 is 0 Å². The molecule has 1 aliphatic rings. The number of benzene rings is 2. The minimum Gasteiger partial charge on any atom is -0.375 e. The molecule has 34 heavy (non-hydrogen) atoms. The Labute approximate surface area is 196 Å². The van der Waals surface area contributed by atoms with Crippen LogP contribution in [0.5, 0.6) is 0 Å². The van der Waals surface area contributed by atoms with Gasteiger partial charge in [-0.1, -0.05) is 30.3 Å². The minimum atomic E-state index is -0.648. The number of hydrogen-bond acceptors (Lipinski definition) is 4. The maximum Gasteiger partial charge on any atom is 0.225 e. The number of carbonyl (C=O) groups is 1. The summed E-state index contributed by atoms with van der Waals surface area (Å²) in [6.45, 7) is 2.94. The number of hydrogen-bond donors (Lipinski definition) is 2. The van der Waals surface area contributed by atoms with Crippen LogP contribution in [0.15, 0.2) is 60.9 Å². The number of pyridine rings is 1. The summed E-state index contributed by atoms with van der Waals surface area (Å²) in [5.74, 6) is -2.49. The summed E-state index contributed by atoms with van der Waals surface area (Å²) >= 11 is 0. The fourth-order valence-electron chi connectivity index (χ4n) is 4.08.